The van der Waals surface area contributed by atoms with Gasteiger partial charge in [0.15, 0.2) is 11.4 Å². The number of carbonyl (C=O) groups is 2. The van der Waals surface area contributed by atoms with Crippen LogP contribution in [0.5, 0.6) is 0 Å². The van der Waals surface area contributed by atoms with Crippen LogP contribution in [-0.2, 0) is 13.1 Å². The molecule has 220 valence electrons. The van der Waals surface area contributed by atoms with Gasteiger partial charge in [0.25, 0.3) is 5.91 Å². The van der Waals surface area contributed by atoms with Crippen LogP contribution < -0.4 is 10.2 Å². The Morgan fingerprint density at radius 1 is 1.00 bits per heavy atom. The Balaban J connectivity index is 1.46. The number of carbonyl (C=O) groups excluding carboxylic acids is 2. The molecule has 0 saturated carbocycles. The number of hydrogen-bond donors (Lipinski definition) is 2. The summed E-state index contributed by atoms with van der Waals surface area (Å²) in [5.74, 6) is -0.219. The van der Waals surface area contributed by atoms with Gasteiger partial charge in [-0.25, -0.2) is 4.79 Å². The zero-order valence-corrected chi connectivity index (χ0v) is 26.4. The molecule has 3 atom stereocenters. The lowest BCUT2D eigenvalue weighted by molar-refractivity contribution is -0.666. The molecule has 2 N–H and O–H groups in total. The normalized spacial score (nSPS) is 22.0. The lowest BCUT2D eigenvalue weighted by atomic mass is 9.93. The first-order valence-corrected chi connectivity index (χ1v) is 15.4. The van der Waals surface area contributed by atoms with Crippen molar-refractivity contribution in [2.24, 2.45) is 0 Å². The molecule has 0 aliphatic carbocycles. The summed E-state index contributed by atoms with van der Waals surface area (Å²) < 4.78 is 0. The number of benzene rings is 3. The standard InChI is InChI=1S/C32H34Cl3N5O2/c1-18(2)39-17-21-13-22(39)16-38(21)15-19-9-24(23-7-5-6-8-26(23)33)25-14-36-32(42)40(29(25)10-19)30-27(34)11-20(12-28(30)35)31(41)37(3)4/h5-12,18,21-22H,13-17H2,1-4H3,(H,36,42)/p+1. The molecule has 2 fully saturated rings. The average molecular weight is 628 g/mol. The van der Waals surface area contributed by atoms with E-state index in [4.69, 9.17) is 34.8 Å². The van der Waals surface area contributed by atoms with Gasteiger partial charge in [-0.2, -0.15) is 4.90 Å². The number of rotatable bonds is 6. The van der Waals surface area contributed by atoms with Gasteiger partial charge in [-0.15, -0.1) is 0 Å². The molecule has 3 amide bonds. The van der Waals surface area contributed by atoms with Crippen LogP contribution in [-0.4, -0.2) is 71.9 Å². The predicted octanol–water partition coefficient (Wildman–Crippen LogP) is 5.75. The van der Waals surface area contributed by atoms with Crippen molar-refractivity contribution in [1.82, 2.24) is 20.0 Å². The van der Waals surface area contributed by atoms with Crippen molar-refractivity contribution in [3.05, 3.63) is 80.3 Å². The minimum Gasteiger partial charge on any atom is -0.345 e. The fourth-order valence-electron chi connectivity index (χ4n) is 6.82. The number of fused-ring (bicyclic) bond motifs is 3. The molecule has 6 rings (SSSR count). The molecule has 3 aliphatic heterocycles. The Kier molecular flexibility index (Phi) is 8.02. The molecule has 2 bridgehead atoms. The number of amides is 3. The highest BCUT2D eigenvalue weighted by molar-refractivity contribution is 6.39. The average Bonchev–Trinajstić information content (AvgIpc) is 3.54. The van der Waals surface area contributed by atoms with E-state index in [1.807, 2.05) is 24.3 Å². The van der Waals surface area contributed by atoms with Gasteiger partial charge in [0.2, 0.25) is 0 Å². The SMILES string of the molecule is CC(C)N1CC2CC1CN2Cc1cc(-c2ccccc2Cl)c2c(c1)[NH+](c1c(Cl)cc(C(=O)N(C)C)cc1Cl)C(=O)NC2. The van der Waals surface area contributed by atoms with Gasteiger partial charge in [-0.05, 0) is 55.7 Å². The van der Waals surface area contributed by atoms with Crippen molar-refractivity contribution in [2.75, 3.05) is 27.2 Å². The van der Waals surface area contributed by atoms with Gasteiger partial charge in [0, 0.05) is 79.6 Å². The number of hydrogen-bond acceptors (Lipinski definition) is 4. The topological polar surface area (TPSA) is 60.3 Å². The summed E-state index contributed by atoms with van der Waals surface area (Å²) >= 11 is 20.3. The molecular weight excluding hydrogens is 593 g/mol. The first-order valence-electron chi connectivity index (χ1n) is 14.3. The van der Waals surface area contributed by atoms with Crippen molar-refractivity contribution in [2.45, 2.75) is 51.5 Å². The van der Waals surface area contributed by atoms with Crippen molar-refractivity contribution < 1.29 is 14.5 Å². The smallest absolute Gasteiger partial charge is 0.345 e. The quantitative estimate of drug-likeness (QED) is 0.365. The lowest BCUT2D eigenvalue weighted by Gasteiger charge is -2.36. The fourth-order valence-corrected chi connectivity index (χ4v) is 7.73. The number of urea groups is 1. The summed E-state index contributed by atoms with van der Waals surface area (Å²) in [5.41, 5.74) is 5.51. The Bertz CT molecular complexity index is 1550. The summed E-state index contributed by atoms with van der Waals surface area (Å²) in [4.78, 5) is 33.3. The van der Waals surface area contributed by atoms with E-state index in [0.29, 0.717) is 45.8 Å². The monoisotopic (exact) mass is 626 g/mol. The van der Waals surface area contributed by atoms with E-state index in [-0.39, 0.29) is 22.0 Å². The van der Waals surface area contributed by atoms with E-state index >= 15 is 0 Å². The maximum absolute atomic E-state index is 13.6. The highest BCUT2D eigenvalue weighted by Crippen LogP contribution is 2.39. The van der Waals surface area contributed by atoms with E-state index in [9.17, 15) is 9.59 Å². The zero-order chi connectivity index (χ0) is 29.9. The number of piperazine rings is 1. The maximum atomic E-state index is 13.6. The molecule has 0 radical (unpaired) electrons. The minimum absolute atomic E-state index is 0.219. The second-order valence-corrected chi connectivity index (χ2v) is 13.2. The Hall–Kier alpha value is -2.65. The summed E-state index contributed by atoms with van der Waals surface area (Å²) in [7, 11) is 3.34. The minimum atomic E-state index is -0.256. The molecular formula is C32H35Cl3N5O2+. The molecule has 2 saturated heterocycles. The second kappa shape index (κ2) is 11.5. The molecule has 7 nitrogen and oxygen atoms in total. The summed E-state index contributed by atoms with van der Waals surface area (Å²) in [6.07, 6.45) is 1.18. The molecule has 10 heteroatoms. The predicted molar refractivity (Wildman–Crippen MR) is 168 cm³/mol. The van der Waals surface area contributed by atoms with Crippen molar-refractivity contribution in [1.29, 1.82) is 0 Å². The largest absolute Gasteiger partial charge is 0.425 e. The van der Waals surface area contributed by atoms with Crippen molar-refractivity contribution in [3.8, 4) is 11.1 Å². The van der Waals surface area contributed by atoms with Crippen LogP contribution in [0.15, 0.2) is 48.5 Å². The molecule has 3 aromatic rings. The van der Waals surface area contributed by atoms with E-state index in [1.54, 1.807) is 26.2 Å². The maximum Gasteiger partial charge on any atom is 0.425 e. The third-order valence-electron chi connectivity index (χ3n) is 8.79. The fraction of sp³-hybridized carbons (Fsp3) is 0.375. The lowest BCUT2D eigenvalue weighted by Crippen LogP contribution is -3.08. The highest BCUT2D eigenvalue weighted by atomic mass is 35.5. The Labute approximate surface area is 261 Å². The molecule has 3 unspecified atom stereocenters. The number of quaternary nitrogens is 1. The van der Waals surface area contributed by atoms with Gasteiger partial charge in [-0.1, -0.05) is 53.0 Å². The molecule has 0 aromatic heterocycles. The Morgan fingerprint density at radius 3 is 2.33 bits per heavy atom. The van der Waals surface area contributed by atoms with Gasteiger partial charge in [0.05, 0.1) is 6.54 Å². The van der Waals surface area contributed by atoms with Crippen LogP contribution in [0, 0.1) is 0 Å². The van der Waals surface area contributed by atoms with Crippen molar-refractivity contribution >= 4 is 58.1 Å². The second-order valence-electron chi connectivity index (χ2n) is 12.0. The number of likely N-dealkylation sites (tertiary alicyclic amines) is 2. The first-order chi connectivity index (χ1) is 20.0. The van der Waals surface area contributed by atoms with Crippen LogP contribution in [0.4, 0.5) is 16.2 Å². The third-order valence-corrected chi connectivity index (χ3v) is 9.71. The van der Waals surface area contributed by atoms with Gasteiger partial charge < -0.3 is 10.2 Å². The first kappa shape index (κ1) is 29.4. The third kappa shape index (κ3) is 5.21. The molecule has 3 heterocycles. The van der Waals surface area contributed by atoms with Crippen LogP contribution >= 0.6 is 34.8 Å². The van der Waals surface area contributed by atoms with E-state index in [2.05, 4.69) is 41.1 Å². The molecule has 3 aliphatic rings. The van der Waals surface area contributed by atoms with Gasteiger partial charge >= 0.3 is 6.03 Å². The zero-order valence-electron chi connectivity index (χ0n) is 24.2. The van der Waals surface area contributed by atoms with E-state index < -0.39 is 0 Å². The Morgan fingerprint density at radius 2 is 1.71 bits per heavy atom. The van der Waals surface area contributed by atoms with E-state index in [0.717, 1.165) is 47.6 Å². The van der Waals surface area contributed by atoms with E-state index in [1.165, 1.54) is 11.3 Å². The summed E-state index contributed by atoms with van der Waals surface area (Å²) in [5, 5.41) is 4.18. The van der Waals surface area contributed by atoms with Crippen LogP contribution in [0.2, 0.25) is 15.1 Å². The molecule has 0 spiro atoms. The highest BCUT2D eigenvalue weighted by Gasteiger charge is 2.44. The number of nitrogens with one attached hydrogen (secondary N) is 2. The van der Waals surface area contributed by atoms with Crippen LogP contribution in [0.25, 0.3) is 11.1 Å². The summed E-state index contributed by atoms with van der Waals surface area (Å²) in [6, 6.07) is 16.6. The van der Waals surface area contributed by atoms with Crippen LogP contribution in [0.1, 0.15) is 41.8 Å². The van der Waals surface area contributed by atoms with Crippen LogP contribution in [0.3, 0.4) is 0 Å². The van der Waals surface area contributed by atoms with Gasteiger partial charge in [0.1, 0.15) is 10.0 Å². The van der Waals surface area contributed by atoms with Gasteiger partial charge in [-0.3, -0.25) is 14.6 Å². The number of halogens is 3. The van der Waals surface area contributed by atoms with Crippen molar-refractivity contribution in [3.63, 3.8) is 0 Å². The molecule has 42 heavy (non-hydrogen) atoms. The summed E-state index contributed by atoms with van der Waals surface area (Å²) in [6.45, 7) is 7.76. The number of nitrogens with zero attached hydrogens (tertiary/aromatic N) is 3. The molecule has 3 aromatic carbocycles.